The fourth-order valence-electron chi connectivity index (χ4n) is 9.25. The molecule has 0 atom stereocenters. The van der Waals surface area contributed by atoms with Crippen LogP contribution in [0.3, 0.4) is 0 Å². The fourth-order valence-corrected chi connectivity index (χ4v) is 9.25. The molecule has 0 radical (unpaired) electrons. The molecule has 1 aliphatic rings. The van der Waals surface area contributed by atoms with Crippen LogP contribution in [0.1, 0.15) is 25.0 Å². The van der Waals surface area contributed by atoms with E-state index in [0.29, 0.717) is 17.5 Å². The van der Waals surface area contributed by atoms with E-state index in [2.05, 4.69) is 141 Å². The molecule has 12 rings (SSSR count). The van der Waals surface area contributed by atoms with E-state index in [1.807, 2.05) is 48.5 Å². The maximum Gasteiger partial charge on any atom is 0.164 e. The van der Waals surface area contributed by atoms with Crippen molar-refractivity contribution in [1.82, 2.24) is 15.0 Å². The zero-order chi connectivity index (χ0) is 39.2. The second-order valence-corrected chi connectivity index (χ2v) is 16.0. The summed E-state index contributed by atoms with van der Waals surface area (Å²) in [5.41, 5.74) is 15.4. The van der Waals surface area contributed by atoms with Gasteiger partial charge in [-0.3, -0.25) is 0 Å². The third-order valence-corrected chi connectivity index (χ3v) is 12.1. The lowest BCUT2D eigenvalue weighted by molar-refractivity contribution is 0.660. The Morgan fingerprint density at radius 2 is 0.949 bits per heavy atom. The second-order valence-electron chi connectivity index (χ2n) is 16.0. The summed E-state index contributed by atoms with van der Waals surface area (Å²) in [4.78, 5) is 15.6. The molecule has 0 saturated carbocycles. The van der Waals surface area contributed by atoms with E-state index in [1.165, 1.54) is 22.3 Å². The van der Waals surface area contributed by atoms with Crippen LogP contribution in [0.15, 0.2) is 185 Å². The molecule has 3 aromatic heterocycles. The Morgan fingerprint density at radius 1 is 0.339 bits per heavy atom. The second kappa shape index (κ2) is 12.7. The average Bonchev–Trinajstić information content (AvgIpc) is 3.93. The monoisotopic (exact) mass is 757 g/mol. The molecule has 0 unspecified atom stereocenters. The summed E-state index contributed by atoms with van der Waals surface area (Å²) in [5, 5.41) is 4.11. The number of rotatable bonds is 5. The Hall–Kier alpha value is -7.63. The van der Waals surface area contributed by atoms with E-state index in [1.54, 1.807) is 0 Å². The number of fused-ring (bicyclic) bond motifs is 9. The first kappa shape index (κ1) is 33.5. The van der Waals surface area contributed by atoms with E-state index in [-0.39, 0.29) is 5.41 Å². The Kier molecular flexibility index (Phi) is 7.20. The molecule has 278 valence electrons. The van der Waals surface area contributed by atoms with Crippen molar-refractivity contribution in [2.45, 2.75) is 19.3 Å². The molecule has 59 heavy (non-hydrogen) atoms. The molecule has 3 heterocycles. The van der Waals surface area contributed by atoms with Crippen LogP contribution >= 0.6 is 0 Å². The molecular weight excluding hydrogens is 723 g/mol. The molecule has 8 aromatic carbocycles. The summed E-state index contributed by atoms with van der Waals surface area (Å²) in [6.07, 6.45) is 0. The third kappa shape index (κ3) is 5.21. The van der Waals surface area contributed by atoms with Gasteiger partial charge in [0.05, 0.1) is 0 Å². The SMILES string of the molecule is CC1(C)c2ccccc2-c2ccc(-c3nc(-c4ccccc4)nc(-c4cccc5oc6ccc(-c7cc(-c8ccccc8)cc8oc9ccccc9c78)cc6c45)n3)cc21. The number of nitrogens with zero attached hydrogens (tertiary/aromatic N) is 3. The lowest BCUT2D eigenvalue weighted by Crippen LogP contribution is -2.15. The van der Waals surface area contributed by atoms with Gasteiger partial charge in [0.15, 0.2) is 17.5 Å². The van der Waals surface area contributed by atoms with Gasteiger partial charge in [0.25, 0.3) is 0 Å². The molecule has 1 aliphatic carbocycles. The first-order valence-corrected chi connectivity index (χ1v) is 20.0. The number of para-hydroxylation sites is 1. The van der Waals surface area contributed by atoms with Gasteiger partial charge in [-0.05, 0) is 87.0 Å². The van der Waals surface area contributed by atoms with Gasteiger partial charge in [0.2, 0.25) is 0 Å². The van der Waals surface area contributed by atoms with E-state index in [0.717, 1.165) is 82.8 Å². The van der Waals surface area contributed by atoms with Crippen LogP contribution in [-0.4, -0.2) is 15.0 Å². The number of hydrogen-bond acceptors (Lipinski definition) is 5. The van der Waals surface area contributed by atoms with Crippen LogP contribution in [0.25, 0.3) is 111 Å². The Labute approximate surface area is 340 Å². The molecular formula is C54H35N3O2. The predicted molar refractivity (Wildman–Crippen MR) is 239 cm³/mol. The molecule has 0 bridgehead atoms. The van der Waals surface area contributed by atoms with Crippen molar-refractivity contribution in [1.29, 1.82) is 0 Å². The van der Waals surface area contributed by atoms with Gasteiger partial charge in [-0.2, -0.15) is 0 Å². The van der Waals surface area contributed by atoms with Gasteiger partial charge in [-0.25, -0.2) is 15.0 Å². The van der Waals surface area contributed by atoms with E-state index < -0.39 is 0 Å². The van der Waals surface area contributed by atoms with E-state index in [9.17, 15) is 0 Å². The van der Waals surface area contributed by atoms with Crippen molar-refractivity contribution >= 4 is 43.9 Å². The normalized spacial score (nSPS) is 13.1. The van der Waals surface area contributed by atoms with Gasteiger partial charge < -0.3 is 8.83 Å². The van der Waals surface area contributed by atoms with Crippen LogP contribution in [0, 0.1) is 0 Å². The van der Waals surface area contributed by atoms with Gasteiger partial charge in [0, 0.05) is 43.7 Å². The highest BCUT2D eigenvalue weighted by Crippen LogP contribution is 2.50. The smallest absolute Gasteiger partial charge is 0.164 e. The molecule has 0 N–H and O–H groups in total. The van der Waals surface area contributed by atoms with Crippen LogP contribution in [0.5, 0.6) is 0 Å². The lowest BCUT2D eigenvalue weighted by atomic mass is 9.82. The quantitative estimate of drug-likeness (QED) is 0.175. The van der Waals surface area contributed by atoms with E-state index >= 15 is 0 Å². The molecule has 5 nitrogen and oxygen atoms in total. The van der Waals surface area contributed by atoms with Crippen molar-refractivity contribution < 1.29 is 8.83 Å². The molecule has 0 amide bonds. The molecule has 0 aliphatic heterocycles. The van der Waals surface area contributed by atoms with Crippen molar-refractivity contribution in [3.8, 4) is 67.5 Å². The Morgan fingerprint density at radius 3 is 1.80 bits per heavy atom. The highest BCUT2D eigenvalue weighted by molar-refractivity contribution is 6.16. The summed E-state index contributed by atoms with van der Waals surface area (Å²) < 4.78 is 13.1. The summed E-state index contributed by atoms with van der Waals surface area (Å²) in [7, 11) is 0. The number of aromatic nitrogens is 3. The largest absolute Gasteiger partial charge is 0.456 e. The average molecular weight is 758 g/mol. The summed E-state index contributed by atoms with van der Waals surface area (Å²) in [6.45, 7) is 4.60. The molecule has 11 aromatic rings. The maximum atomic E-state index is 6.59. The lowest BCUT2D eigenvalue weighted by Gasteiger charge is -2.21. The summed E-state index contributed by atoms with van der Waals surface area (Å²) in [5.74, 6) is 1.83. The van der Waals surface area contributed by atoms with Crippen molar-refractivity contribution in [3.05, 3.63) is 187 Å². The van der Waals surface area contributed by atoms with Crippen molar-refractivity contribution in [2.75, 3.05) is 0 Å². The molecule has 0 saturated heterocycles. The van der Waals surface area contributed by atoms with Crippen LogP contribution in [0.2, 0.25) is 0 Å². The minimum Gasteiger partial charge on any atom is -0.456 e. The topological polar surface area (TPSA) is 65.0 Å². The maximum absolute atomic E-state index is 6.59. The minimum absolute atomic E-state index is 0.159. The number of furan rings is 2. The number of benzene rings is 8. The van der Waals surface area contributed by atoms with Crippen molar-refractivity contribution in [2.24, 2.45) is 0 Å². The summed E-state index contributed by atoms with van der Waals surface area (Å²) >= 11 is 0. The zero-order valence-electron chi connectivity index (χ0n) is 32.4. The van der Waals surface area contributed by atoms with Crippen LogP contribution in [-0.2, 0) is 5.41 Å². The molecule has 5 heteroatoms. The zero-order valence-corrected chi connectivity index (χ0v) is 32.4. The summed E-state index contributed by atoms with van der Waals surface area (Å²) in [6, 6.07) is 61.3. The number of hydrogen-bond donors (Lipinski definition) is 0. The Bertz CT molecular complexity index is 3470. The highest BCUT2D eigenvalue weighted by Gasteiger charge is 2.35. The minimum atomic E-state index is -0.159. The van der Waals surface area contributed by atoms with Gasteiger partial charge in [-0.15, -0.1) is 0 Å². The standard InChI is InChI=1S/C54H35N3O2/c1-54(2)43-21-11-9-18-37(43)38-26-24-35(30-44(38)54)52-55-51(33-16-7-4-8-17-33)56-53(57-52)40-20-13-23-47-50(40)42-28-34(25-27-46(42)58-47)41-29-36(32-14-5-3-6-15-32)31-48-49(41)39-19-10-12-22-45(39)59-48/h3-31H,1-2H3. The first-order chi connectivity index (χ1) is 29.0. The molecule has 0 fully saturated rings. The predicted octanol–water partition coefficient (Wildman–Crippen LogP) is 14.3. The Balaban J connectivity index is 1.07. The highest BCUT2D eigenvalue weighted by atomic mass is 16.3. The third-order valence-electron chi connectivity index (χ3n) is 12.1. The van der Waals surface area contributed by atoms with Gasteiger partial charge >= 0.3 is 0 Å². The van der Waals surface area contributed by atoms with Crippen LogP contribution in [0.4, 0.5) is 0 Å². The van der Waals surface area contributed by atoms with E-state index in [4.69, 9.17) is 23.8 Å². The van der Waals surface area contributed by atoms with Crippen LogP contribution < -0.4 is 0 Å². The van der Waals surface area contributed by atoms with Gasteiger partial charge in [0.1, 0.15) is 22.3 Å². The first-order valence-electron chi connectivity index (χ1n) is 20.0. The van der Waals surface area contributed by atoms with Gasteiger partial charge in [-0.1, -0.05) is 147 Å². The fraction of sp³-hybridized carbons (Fsp3) is 0.0556. The molecule has 0 spiro atoms. The van der Waals surface area contributed by atoms with Crippen molar-refractivity contribution in [3.63, 3.8) is 0 Å².